The summed E-state index contributed by atoms with van der Waals surface area (Å²) in [4.78, 5) is 9.21. The minimum Gasteiger partial charge on any atom is -0.353 e. The highest BCUT2D eigenvalue weighted by Crippen LogP contribution is 2.18. The molecule has 9 heteroatoms. The second-order valence-corrected chi connectivity index (χ2v) is 6.55. The van der Waals surface area contributed by atoms with Crippen molar-refractivity contribution in [1.82, 2.24) is 34.6 Å². The highest BCUT2D eigenvalue weighted by Gasteiger charge is 2.20. The van der Waals surface area contributed by atoms with Crippen LogP contribution in [0, 0.1) is 6.92 Å². The lowest BCUT2D eigenvalue weighted by Gasteiger charge is -2.35. The Bertz CT molecular complexity index is 1060. The second kappa shape index (κ2) is 6.35. The van der Waals surface area contributed by atoms with Gasteiger partial charge in [0.15, 0.2) is 17.3 Å². The summed E-state index contributed by atoms with van der Waals surface area (Å²) >= 11 is 0. The third kappa shape index (κ3) is 2.97. The SMILES string of the molecule is Cc1ccn(-c2ccc(N3CCN(c4ccn5nccc5n4)CC3)nn2)n1. The summed E-state index contributed by atoms with van der Waals surface area (Å²) in [6.45, 7) is 5.48. The summed E-state index contributed by atoms with van der Waals surface area (Å²) in [6, 6.07) is 9.83. The van der Waals surface area contributed by atoms with E-state index >= 15 is 0 Å². The minimum absolute atomic E-state index is 0.726. The van der Waals surface area contributed by atoms with Crippen molar-refractivity contribution in [3.05, 3.63) is 54.6 Å². The van der Waals surface area contributed by atoms with E-state index in [0.29, 0.717) is 0 Å². The maximum atomic E-state index is 4.67. The van der Waals surface area contributed by atoms with Crippen molar-refractivity contribution >= 4 is 17.3 Å². The molecular formula is C18H19N9. The lowest BCUT2D eigenvalue weighted by molar-refractivity contribution is 0.636. The molecule has 0 unspecified atom stereocenters. The Morgan fingerprint density at radius 2 is 1.52 bits per heavy atom. The topological polar surface area (TPSA) is 80.3 Å². The summed E-state index contributed by atoms with van der Waals surface area (Å²) in [5.41, 5.74) is 1.82. The molecule has 0 aromatic carbocycles. The molecule has 1 aliphatic rings. The summed E-state index contributed by atoms with van der Waals surface area (Å²) in [5, 5.41) is 17.3. The highest BCUT2D eigenvalue weighted by molar-refractivity contribution is 5.49. The third-order valence-corrected chi connectivity index (χ3v) is 4.76. The van der Waals surface area contributed by atoms with Crippen LogP contribution < -0.4 is 9.80 Å². The summed E-state index contributed by atoms with van der Waals surface area (Å²) in [6.07, 6.45) is 5.60. The molecule has 5 rings (SSSR count). The van der Waals surface area contributed by atoms with Crippen molar-refractivity contribution in [3.8, 4) is 5.82 Å². The van der Waals surface area contributed by atoms with Crippen LogP contribution in [0.5, 0.6) is 0 Å². The van der Waals surface area contributed by atoms with Crippen molar-refractivity contribution < 1.29 is 0 Å². The third-order valence-electron chi connectivity index (χ3n) is 4.76. The first-order valence-corrected chi connectivity index (χ1v) is 8.93. The van der Waals surface area contributed by atoms with Crippen molar-refractivity contribution in [1.29, 1.82) is 0 Å². The van der Waals surface area contributed by atoms with E-state index in [1.54, 1.807) is 15.4 Å². The van der Waals surface area contributed by atoms with Gasteiger partial charge in [0, 0.05) is 44.6 Å². The summed E-state index contributed by atoms with van der Waals surface area (Å²) in [5.74, 6) is 2.60. The van der Waals surface area contributed by atoms with Crippen LogP contribution in [-0.4, -0.2) is 60.8 Å². The Kier molecular flexibility index (Phi) is 3.70. The summed E-state index contributed by atoms with van der Waals surface area (Å²) in [7, 11) is 0. The molecule has 5 heterocycles. The first-order valence-electron chi connectivity index (χ1n) is 8.93. The highest BCUT2D eigenvalue weighted by atomic mass is 15.4. The van der Waals surface area contributed by atoms with Crippen molar-refractivity contribution in [3.63, 3.8) is 0 Å². The fourth-order valence-electron chi connectivity index (χ4n) is 3.30. The molecule has 0 atom stereocenters. The molecule has 1 saturated heterocycles. The molecule has 0 spiro atoms. The van der Waals surface area contributed by atoms with Crippen LogP contribution >= 0.6 is 0 Å². The molecule has 0 bridgehead atoms. The number of anilines is 2. The number of piperazine rings is 1. The van der Waals surface area contributed by atoms with E-state index in [-0.39, 0.29) is 0 Å². The zero-order valence-electron chi connectivity index (χ0n) is 15.0. The van der Waals surface area contributed by atoms with Gasteiger partial charge in [0.05, 0.1) is 11.9 Å². The molecule has 0 N–H and O–H groups in total. The zero-order valence-corrected chi connectivity index (χ0v) is 15.0. The van der Waals surface area contributed by atoms with Crippen LogP contribution in [0.25, 0.3) is 11.5 Å². The summed E-state index contributed by atoms with van der Waals surface area (Å²) < 4.78 is 3.51. The molecule has 0 radical (unpaired) electrons. The lowest BCUT2D eigenvalue weighted by Crippen LogP contribution is -2.47. The van der Waals surface area contributed by atoms with Gasteiger partial charge in [0.2, 0.25) is 0 Å². The van der Waals surface area contributed by atoms with E-state index in [1.807, 2.05) is 49.6 Å². The van der Waals surface area contributed by atoms with Crippen molar-refractivity contribution in [2.24, 2.45) is 0 Å². The van der Waals surface area contributed by atoms with E-state index < -0.39 is 0 Å². The Balaban J connectivity index is 1.27. The average molecular weight is 361 g/mol. The molecule has 0 aliphatic carbocycles. The van der Waals surface area contributed by atoms with E-state index in [2.05, 4.69) is 35.2 Å². The Morgan fingerprint density at radius 3 is 2.22 bits per heavy atom. The molecular weight excluding hydrogens is 342 g/mol. The predicted octanol–water partition coefficient (Wildman–Crippen LogP) is 1.34. The Morgan fingerprint density at radius 1 is 0.778 bits per heavy atom. The van der Waals surface area contributed by atoms with Gasteiger partial charge in [-0.2, -0.15) is 10.2 Å². The standard InChI is InChI=1S/C18H19N9/c1-14-5-8-27(23-14)18-3-2-17(21-22-18)25-12-10-24(11-13-25)15-6-9-26-16(20-15)4-7-19-26/h2-9H,10-13H2,1H3. The van der Waals surface area contributed by atoms with E-state index in [9.17, 15) is 0 Å². The first kappa shape index (κ1) is 15.7. The molecule has 1 fully saturated rings. The van der Waals surface area contributed by atoms with Crippen molar-refractivity contribution in [2.45, 2.75) is 6.92 Å². The van der Waals surface area contributed by atoms with E-state index in [0.717, 1.165) is 55.0 Å². The predicted molar refractivity (Wildman–Crippen MR) is 101 cm³/mol. The average Bonchev–Trinajstić information content (AvgIpc) is 3.36. The van der Waals surface area contributed by atoms with Gasteiger partial charge in [-0.05, 0) is 31.2 Å². The number of aromatic nitrogens is 7. The van der Waals surface area contributed by atoms with Crippen LogP contribution in [0.3, 0.4) is 0 Å². The largest absolute Gasteiger partial charge is 0.353 e. The molecule has 4 aromatic rings. The maximum Gasteiger partial charge on any atom is 0.175 e. The second-order valence-electron chi connectivity index (χ2n) is 6.55. The van der Waals surface area contributed by atoms with Crippen molar-refractivity contribution in [2.75, 3.05) is 36.0 Å². The molecule has 136 valence electrons. The maximum absolute atomic E-state index is 4.67. The Labute approximate surface area is 155 Å². The molecule has 0 saturated carbocycles. The number of nitrogens with zero attached hydrogens (tertiary/aromatic N) is 9. The normalized spacial score (nSPS) is 14.9. The monoisotopic (exact) mass is 361 g/mol. The molecule has 9 nitrogen and oxygen atoms in total. The molecule has 27 heavy (non-hydrogen) atoms. The van der Waals surface area contributed by atoms with Gasteiger partial charge in [-0.3, -0.25) is 0 Å². The van der Waals surface area contributed by atoms with Gasteiger partial charge in [0.25, 0.3) is 0 Å². The first-order chi connectivity index (χ1) is 13.3. The number of aryl methyl sites for hydroxylation is 1. The van der Waals surface area contributed by atoms with Gasteiger partial charge in [0.1, 0.15) is 5.82 Å². The number of rotatable bonds is 3. The van der Waals surface area contributed by atoms with Crippen LogP contribution in [0.2, 0.25) is 0 Å². The smallest absolute Gasteiger partial charge is 0.175 e. The fraction of sp³-hybridized carbons (Fsp3) is 0.278. The number of hydrogen-bond donors (Lipinski definition) is 0. The number of fused-ring (bicyclic) bond motifs is 1. The van der Waals surface area contributed by atoms with E-state index in [1.165, 1.54) is 0 Å². The molecule has 4 aromatic heterocycles. The van der Waals surface area contributed by atoms with Gasteiger partial charge in [-0.25, -0.2) is 14.2 Å². The minimum atomic E-state index is 0.726. The fourth-order valence-corrected chi connectivity index (χ4v) is 3.30. The van der Waals surface area contributed by atoms with Gasteiger partial charge >= 0.3 is 0 Å². The van der Waals surface area contributed by atoms with E-state index in [4.69, 9.17) is 0 Å². The zero-order chi connectivity index (χ0) is 18.2. The van der Waals surface area contributed by atoms with Gasteiger partial charge in [-0.1, -0.05) is 0 Å². The number of hydrogen-bond acceptors (Lipinski definition) is 7. The van der Waals surface area contributed by atoms with Crippen LogP contribution in [0.4, 0.5) is 11.6 Å². The van der Waals surface area contributed by atoms with Crippen LogP contribution in [0.15, 0.2) is 48.9 Å². The molecule has 0 amide bonds. The van der Waals surface area contributed by atoms with Gasteiger partial charge in [-0.15, -0.1) is 10.2 Å². The van der Waals surface area contributed by atoms with Gasteiger partial charge < -0.3 is 9.80 Å². The molecule has 1 aliphatic heterocycles. The quantitative estimate of drug-likeness (QED) is 0.545. The lowest BCUT2D eigenvalue weighted by atomic mass is 10.3. The Hall–Kier alpha value is -3.49. The van der Waals surface area contributed by atoms with Crippen LogP contribution in [-0.2, 0) is 0 Å². The van der Waals surface area contributed by atoms with Crippen LogP contribution in [0.1, 0.15) is 5.69 Å².